The summed E-state index contributed by atoms with van der Waals surface area (Å²) in [7, 11) is 6.83. The fourth-order valence-corrected chi connectivity index (χ4v) is 11.2. The van der Waals surface area contributed by atoms with E-state index in [-0.39, 0.29) is 80.2 Å². The number of nitrogens with zero attached hydrogens (tertiary/aromatic N) is 8. The third kappa shape index (κ3) is 18.1. The number of aromatic nitrogens is 1. The summed E-state index contributed by atoms with van der Waals surface area (Å²) in [5, 5.41) is 0.511. The molecular weight excluding hydrogens is 1140 g/mol. The molecule has 5 aliphatic rings. The SMILES string of the molecule is C/C=C1\CC2C=Nc3cc(OCc4cc(OCCN(C)CC(C)(C)SCC(=O)N(C)CCOCCOCCOCCOCCC(=O)ON5C(=O)CCC5=O)cc(COc5cc6c(cc5OC)C(=O)N5C/C(=C/C)CC5C=N6)n4)c(OC)cc3C(=O)N2C1. The third-order valence-electron chi connectivity index (χ3n) is 15.0. The van der Waals surface area contributed by atoms with Gasteiger partial charge in [-0.05, 0) is 59.7 Å². The van der Waals surface area contributed by atoms with E-state index < -0.39 is 17.8 Å². The predicted octanol–water partition coefficient (Wildman–Crippen LogP) is 6.35. The van der Waals surface area contributed by atoms with Crippen molar-refractivity contribution in [3.05, 3.63) is 82.2 Å². The Morgan fingerprint density at radius 2 is 1.14 bits per heavy atom. The highest BCUT2D eigenvalue weighted by Crippen LogP contribution is 2.41. The summed E-state index contributed by atoms with van der Waals surface area (Å²) in [4.78, 5) is 102. The lowest BCUT2D eigenvalue weighted by atomic mass is 10.1. The summed E-state index contributed by atoms with van der Waals surface area (Å²) < 4.78 is 52.6. The molecule has 87 heavy (non-hydrogen) atoms. The molecule has 0 spiro atoms. The molecule has 0 aliphatic carbocycles. The summed E-state index contributed by atoms with van der Waals surface area (Å²) >= 11 is 1.58. The van der Waals surface area contributed by atoms with Crippen molar-refractivity contribution in [1.29, 1.82) is 0 Å². The minimum Gasteiger partial charge on any atom is -0.493 e. The number of carbonyl (C=O) groups excluding carboxylic acids is 6. The van der Waals surface area contributed by atoms with Crippen molar-refractivity contribution in [2.75, 3.05) is 126 Å². The van der Waals surface area contributed by atoms with Gasteiger partial charge in [-0.1, -0.05) is 23.3 Å². The molecule has 470 valence electrons. The van der Waals surface area contributed by atoms with Crippen molar-refractivity contribution in [1.82, 2.24) is 29.6 Å². The topological polar surface area (TPSA) is 249 Å². The van der Waals surface area contributed by atoms with E-state index in [0.29, 0.717) is 152 Å². The fraction of sp³-hybridized carbons (Fsp3) is 0.532. The van der Waals surface area contributed by atoms with Gasteiger partial charge in [0.15, 0.2) is 23.0 Å². The van der Waals surface area contributed by atoms with Crippen LogP contribution in [0.2, 0.25) is 0 Å². The molecular formula is C62H80N8O16S. The van der Waals surface area contributed by atoms with Gasteiger partial charge < -0.3 is 67.1 Å². The maximum atomic E-state index is 13.8. The van der Waals surface area contributed by atoms with Crippen molar-refractivity contribution in [2.45, 2.75) is 89.8 Å². The Labute approximate surface area is 512 Å². The van der Waals surface area contributed by atoms with Gasteiger partial charge in [0, 0.05) is 94.1 Å². The number of hydroxylamine groups is 2. The van der Waals surface area contributed by atoms with Gasteiger partial charge in [0.25, 0.3) is 23.6 Å². The highest BCUT2D eigenvalue weighted by molar-refractivity contribution is 8.01. The molecule has 0 N–H and O–H groups in total. The lowest BCUT2D eigenvalue weighted by Crippen LogP contribution is -2.38. The largest absolute Gasteiger partial charge is 0.493 e. The molecule has 25 heteroatoms. The molecule has 2 aromatic carbocycles. The Morgan fingerprint density at radius 3 is 1.63 bits per heavy atom. The zero-order valence-electron chi connectivity index (χ0n) is 51.0. The lowest BCUT2D eigenvalue weighted by molar-refractivity contribution is -0.198. The van der Waals surface area contributed by atoms with E-state index in [4.69, 9.17) is 62.4 Å². The lowest BCUT2D eigenvalue weighted by Gasteiger charge is -2.30. The number of methoxy groups -OCH3 is 2. The Hall–Kier alpha value is -7.42. The van der Waals surface area contributed by atoms with Crippen molar-refractivity contribution in [3.63, 3.8) is 0 Å². The van der Waals surface area contributed by atoms with Crippen LogP contribution in [-0.2, 0) is 56.2 Å². The third-order valence-corrected chi connectivity index (χ3v) is 16.3. The van der Waals surface area contributed by atoms with Crippen LogP contribution in [0.4, 0.5) is 11.4 Å². The zero-order valence-corrected chi connectivity index (χ0v) is 51.8. The molecule has 6 heterocycles. The average molecular weight is 1230 g/mol. The summed E-state index contributed by atoms with van der Waals surface area (Å²) in [6.07, 6.45) is 9.18. The number of carbonyl (C=O) groups is 6. The number of hydrogen-bond acceptors (Lipinski definition) is 21. The molecule has 8 rings (SSSR count). The number of rotatable bonds is 33. The van der Waals surface area contributed by atoms with Crippen LogP contribution >= 0.6 is 11.8 Å². The normalized spacial score (nSPS) is 18.1. The number of amides is 5. The molecule has 0 bridgehead atoms. The Kier molecular flexibility index (Phi) is 23.7. The molecule has 3 fully saturated rings. The molecule has 3 aromatic rings. The molecule has 24 nitrogen and oxygen atoms in total. The van der Waals surface area contributed by atoms with Crippen molar-refractivity contribution < 1.29 is 76.2 Å². The summed E-state index contributed by atoms with van der Waals surface area (Å²) in [5.41, 5.74) is 5.28. The molecule has 2 unspecified atom stereocenters. The Bertz CT molecular complexity index is 2940. The predicted molar refractivity (Wildman–Crippen MR) is 324 cm³/mol. The first-order chi connectivity index (χ1) is 42.0. The molecule has 0 radical (unpaired) electrons. The zero-order chi connectivity index (χ0) is 62.0. The van der Waals surface area contributed by atoms with E-state index in [1.165, 1.54) is 25.4 Å². The van der Waals surface area contributed by atoms with Crippen LogP contribution in [0.25, 0.3) is 0 Å². The molecule has 5 aliphatic heterocycles. The van der Waals surface area contributed by atoms with Gasteiger partial charge in [-0.3, -0.25) is 38.9 Å². The van der Waals surface area contributed by atoms with Gasteiger partial charge in [0.05, 0.1) is 125 Å². The smallest absolute Gasteiger partial charge is 0.335 e. The van der Waals surface area contributed by atoms with Crippen molar-refractivity contribution in [3.8, 4) is 28.7 Å². The van der Waals surface area contributed by atoms with Gasteiger partial charge in [-0.15, -0.1) is 16.8 Å². The van der Waals surface area contributed by atoms with E-state index in [0.717, 1.165) is 12.8 Å². The molecule has 1 aromatic heterocycles. The minimum atomic E-state index is -0.722. The van der Waals surface area contributed by atoms with Crippen LogP contribution in [0.15, 0.2) is 69.7 Å². The Morgan fingerprint density at radius 1 is 0.644 bits per heavy atom. The number of allylic oxidation sites excluding steroid dienone is 2. The van der Waals surface area contributed by atoms with Crippen LogP contribution in [0.1, 0.15) is 91.9 Å². The minimum absolute atomic E-state index is 0.00475. The summed E-state index contributed by atoms with van der Waals surface area (Å²) in [5.74, 6) is 0.325. The number of hydrogen-bond donors (Lipinski definition) is 0. The van der Waals surface area contributed by atoms with Gasteiger partial charge >= 0.3 is 5.97 Å². The van der Waals surface area contributed by atoms with E-state index in [1.54, 1.807) is 48.0 Å². The fourth-order valence-electron chi connectivity index (χ4n) is 10.2. The molecule has 2 atom stereocenters. The molecule has 0 saturated carbocycles. The van der Waals surface area contributed by atoms with Crippen LogP contribution in [0.5, 0.6) is 28.7 Å². The number of aliphatic imine (C=N–C) groups is 2. The number of fused-ring (bicyclic) bond motifs is 4. The Balaban J connectivity index is 0.788. The maximum absolute atomic E-state index is 13.8. The van der Waals surface area contributed by atoms with Crippen LogP contribution < -0.4 is 23.7 Å². The number of pyridine rings is 1. The highest BCUT2D eigenvalue weighted by Gasteiger charge is 2.37. The van der Waals surface area contributed by atoms with Gasteiger partial charge in [-0.25, -0.2) is 4.79 Å². The first kappa shape index (κ1) is 65.6. The van der Waals surface area contributed by atoms with E-state index in [1.807, 2.05) is 55.3 Å². The second kappa shape index (κ2) is 31.5. The van der Waals surface area contributed by atoms with E-state index in [9.17, 15) is 28.8 Å². The van der Waals surface area contributed by atoms with Gasteiger partial charge in [0.1, 0.15) is 25.6 Å². The molecule has 3 saturated heterocycles. The van der Waals surface area contributed by atoms with Gasteiger partial charge in [0.2, 0.25) is 5.91 Å². The number of thioether (sulfide) groups is 1. The summed E-state index contributed by atoms with van der Waals surface area (Å²) in [6.45, 7) is 13.6. The first-order valence-electron chi connectivity index (χ1n) is 29.2. The summed E-state index contributed by atoms with van der Waals surface area (Å²) in [6, 6.07) is 10.2. The van der Waals surface area contributed by atoms with Crippen LogP contribution in [-0.4, -0.2) is 221 Å². The van der Waals surface area contributed by atoms with Crippen molar-refractivity contribution >= 4 is 71.1 Å². The quantitative estimate of drug-likeness (QED) is 0.0366. The number of imide groups is 1. The molecule has 5 amide bonds. The maximum Gasteiger partial charge on any atom is 0.335 e. The van der Waals surface area contributed by atoms with Crippen molar-refractivity contribution in [2.24, 2.45) is 9.98 Å². The second-order valence-electron chi connectivity index (χ2n) is 22.0. The standard InChI is InChI=1S/C62H80N8O16S/c1-9-41-25-45-33-63-50-31-54(52(77-7)29-48(50)60(75)68(45)35-41)84-37-43-27-47(28-44(65-43)38-85-55-32-51-49(30-53(55)78-8)61(76)69-36-42(10-2)26-46(69)34-64-51)83-18-14-66(5)40-62(3,4)87-39-58(73)67(6)15-17-80-20-22-82-24-23-81-21-19-79-16-13-59(74)86-70-56(71)11-12-57(70)72/h9-10,27-34,45-46H,11-26,35-40H2,1-8H3/b41-9+,42-10+. The van der Waals surface area contributed by atoms with E-state index in [2.05, 4.69) is 30.9 Å². The highest BCUT2D eigenvalue weighted by atomic mass is 32.2. The average Bonchev–Trinajstić information content (AvgIpc) is 3.25. The number of likely N-dealkylation sites (N-methyl/N-ethyl adjacent to an activating group) is 2. The number of ether oxygens (including phenoxy) is 9. The van der Waals surface area contributed by atoms with Crippen LogP contribution in [0, 0.1) is 0 Å². The van der Waals surface area contributed by atoms with Crippen LogP contribution in [0.3, 0.4) is 0 Å². The number of benzene rings is 2. The van der Waals surface area contributed by atoms with Gasteiger partial charge in [-0.2, -0.15) is 0 Å². The first-order valence-corrected chi connectivity index (χ1v) is 30.2. The van der Waals surface area contributed by atoms with E-state index >= 15 is 0 Å². The second-order valence-corrected chi connectivity index (χ2v) is 23.6. The monoisotopic (exact) mass is 1220 g/mol.